The van der Waals surface area contributed by atoms with E-state index in [0.717, 1.165) is 16.0 Å². The summed E-state index contributed by atoms with van der Waals surface area (Å²) in [4.78, 5) is 48.3. The van der Waals surface area contributed by atoms with Crippen molar-refractivity contribution in [2.45, 2.75) is 33.7 Å². The number of anilines is 1. The molecule has 29 heavy (non-hydrogen) atoms. The SMILES string of the molecule is CCOC(=O)c1sc(NC(=O)c2ccn(C(C)C(=O)O)n2)c(C(=O)OCC)c1C. The monoisotopic (exact) mass is 423 g/mol. The number of carboxylic acids is 1. The van der Waals surface area contributed by atoms with E-state index >= 15 is 0 Å². The topological polar surface area (TPSA) is 137 Å². The fourth-order valence-electron chi connectivity index (χ4n) is 2.40. The molecular weight excluding hydrogens is 402 g/mol. The predicted molar refractivity (Wildman–Crippen MR) is 103 cm³/mol. The number of hydrogen-bond donors (Lipinski definition) is 2. The quantitative estimate of drug-likeness (QED) is 0.618. The zero-order valence-electron chi connectivity index (χ0n) is 16.3. The van der Waals surface area contributed by atoms with E-state index in [-0.39, 0.29) is 34.3 Å². The summed E-state index contributed by atoms with van der Waals surface area (Å²) in [6, 6.07) is 0.400. The third-order valence-electron chi connectivity index (χ3n) is 3.91. The predicted octanol–water partition coefficient (Wildman–Crippen LogP) is 2.50. The molecule has 0 saturated carbocycles. The van der Waals surface area contributed by atoms with Crippen LogP contribution in [0.5, 0.6) is 0 Å². The number of carboxylic acid groups (broad SMARTS) is 1. The largest absolute Gasteiger partial charge is 0.480 e. The third kappa shape index (κ3) is 4.80. The zero-order valence-corrected chi connectivity index (χ0v) is 17.2. The molecule has 2 N–H and O–H groups in total. The molecule has 0 aliphatic rings. The lowest BCUT2D eigenvalue weighted by molar-refractivity contribution is -0.140. The minimum absolute atomic E-state index is 0.0448. The number of hydrogen-bond acceptors (Lipinski definition) is 8. The summed E-state index contributed by atoms with van der Waals surface area (Å²) < 4.78 is 11.2. The van der Waals surface area contributed by atoms with Gasteiger partial charge in [0.2, 0.25) is 0 Å². The van der Waals surface area contributed by atoms with Crippen molar-refractivity contribution in [2.75, 3.05) is 18.5 Å². The van der Waals surface area contributed by atoms with Crippen LogP contribution in [0, 0.1) is 6.92 Å². The van der Waals surface area contributed by atoms with Crippen LogP contribution in [0.25, 0.3) is 0 Å². The number of aromatic nitrogens is 2. The number of carbonyl (C=O) groups excluding carboxylic acids is 3. The maximum absolute atomic E-state index is 12.6. The van der Waals surface area contributed by atoms with Gasteiger partial charge in [0.15, 0.2) is 5.69 Å². The van der Waals surface area contributed by atoms with E-state index in [2.05, 4.69) is 10.4 Å². The van der Waals surface area contributed by atoms with E-state index in [9.17, 15) is 19.2 Å². The van der Waals surface area contributed by atoms with Gasteiger partial charge in [-0.25, -0.2) is 14.4 Å². The van der Waals surface area contributed by atoms with Gasteiger partial charge in [0.1, 0.15) is 15.9 Å². The average Bonchev–Trinajstić information content (AvgIpc) is 3.26. The Hall–Kier alpha value is -3.21. The summed E-state index contributed by atoms with van der Waals surface area (Å²) >= 11 is 0.893. The van der Waals surface area contributed by atoms with Crippen LogP contribution in [-0.4, -0.2) is 51.9 Å². The molecule has 10 nitrogen and oxygen atoms in total. The molecule has 0 aliphatic carbocycles. The molecule has 2 heterocycles. The Labute approximate surface area is 170 Å². The lowest BCUT2D eigenvalue weighted by Gasteiger charge is -2.07. The van der Waals surface area contributed by atoms with Crippen molar-refractivity contribution in [3.8, 4) is 0 Å². The Morgan fingerprint density at radius 1 is 1.21 bits per heavy atom. The molecule has 0 saturated heterocycles. The molecule has 1 unspecified atom stereocenters. The Kier molecular flexibility index (Phi) is 7.10. The van der Waals surface area contributed by atoms with Gasteiger partial charge in [-0.05, 0) is 39.3 Å². The minimum atomic E-state index is -1.10. The smallest absolute Gasteiger partial charge is 0.348 e. The maximum atomic E-state index is 12.6. The first-order valence-electron chi connectivity index (χ1n) is 8.78. The Balaban J connectivity index is 2.36. The normalized spacial score (nSPS) is 11.6. The molecular formula is C18H21N3O7S. The number of thiophene rings is 1. The van der Waals surface area contributed by atoms with Gasteiger partial charge in [-0.1, -0.05) is 0 Å². The maximum Gasteiger partial charge on any atom is 0.348 e. The molecule has 2 rings (SSSR count). The van der Waals surface area contributed by atoms with Crippen molar-refractivity contribution in [2.24, 2.45) is 0 Å². The second kappa shape index (κ2) is 9.32. The van der Waals surface area contributed by atoms with Crippen LogP contribution in [0.2, 0.25) is 0 Å². The molecule has 2 aromatic rings. The molecule has 0 fully saturated rings. The molecule has 0 aliphatic heterocycles. The fraction of sp³-hybridized carbons (Fsp3) is 0.389. The number of ether oxygens (including phenoxy) is 2. The first-order valence-corrected chi connectivity index (χ1v) is 9.59. The highest BCUT2D eigenvalue weighted by atomic mass is 32.1. The highest BCUT2D eigenvalue weighted by molar-refractivity contribution is 7.18. The van der Waals surface area contributed by atoms with Gasteiger partial charge in [-0.3, -0.25) is 9.48 Å². The molecule has 11 heteroatoms. The van der Waals surface area contributed by atoms with Crippen molar-refractivity contribution < 1.29 is 33.8 Å². The van der Waals surface area contributed by atoms with Crippen LogP contribution < -0.4 is 5.32 Å². The number of esters is 2. The number of amides is 1. The van der Waals surface area contributed by atoms with Crippen molar-refractivity contribution in [1.29, 1.82) is 0 Å². The Bertz CT molecular complexity index is 947. The number of nitrogens with zero attached hydrogens (tertiary/aromatic N) is 2. The lowest BCUT2D eigenvalue weighted by atomic mass is 10.1. The van der Waals surface area contributed by atoms with E-state index in [1.807, 2.05) is 0 Å². The number of rotatable bonds is 8. The summed E-state index contributed by atoms with van der Waals surface area (Å²) in [5, 5.41) is 15.7. The van der Waals surface area contributed by atoms with E-state index in [1.54, 1.807) is 20.8 Å². The molecule has 156 valence electrons. The summed E-state index contributed by atoms with van der Waals surface area (Å²) in [6.07, 6.45) is 1.36. The molecule has 0 aromatic carbocycles. The fourth-order valence-corrected chi connectivity index (χ4v) is 3.48. The highest BCUT2D eigenvalue weighted by Crippen LogP contribution is 2.34. The highest BCUT2D eigenvalue weighted by Gasteiger charge is 2.28. The van der Waals surface area contributed by atoms with Crippen LogP contribution in [0.3, 0.4) is 0 Å². The van der Waals surface area contributed by atoms with Crippen molar-refractivity contribution in [3.05, 3.63) is 34.0 Å². The van der Waals surface area contributed by atoms with Gasteiger partial charge in [-0.2, -0.15) is 5.10 Å². The van der Waals surface area contributed by atoms with Crippen LogP contribution >= 0.6 is 11.3 Å². The van der Waals surface area contributed by atoms with Crippen molar-refractivity contribution >= 4 is 40.2 Å². The summed E-state index contributed by atoms with van der Waals surface area (Å²) in [5.74, 6) is -3.06. The molecule has 0 spiro atoms. The summed E-state index contributed by atoms with van der Waals surface area (Å²) in [5.41, 5.74) is 0.357. The van der Waals surface area contributed by atoms with Gasteiger partial charge < -0.3 is 19.9 Å². The second-order valence-electron chi connectivity index (χ2n) is 5.85. The Morgan fingerprint density at radius 3 is 2.41 bits per heavy atom. The molecule has 1 amide bonds. The van der Waals surface area contributed by atoms with Crippen molar-refractivity contribution in [3.63, 3.8) is 0 Å². The first kappa shape index (κ1) is 22.1. The van der Waals surface area contributed by atoms with Gasteiger partial charge >= 0.3 is 17.9 Å². The molecule has 2 aromatic heterocycles. The number of carbonyl (C=O) groups is 4. The van der Waals surface area contributed by atoms with E-state index < -0.39 is 29.9 Å². The summed E-state index contributed by atoms with van der Waals surface area (Å²) in [7, 11) is 0. The first-order chi connectivity index (χ1) is 13.7. The molecule has 1 atom stereocenters. The molecule has 0 bridgehead atoms. The average molecular weight is 423 g/mol. The van der Waals surface area contributed by atoms with Crippen LogP contribution in [0.15, 0.2) is 12.3 Å². The van der Waals surface area contributed by atoms with Gasteiger partial charge in [0, 0.05) is 6.20 Å². The van der Waals surface area contributed by atoms with E-state index in [1.165, 1.54) is 19.2 Å². The van der Waals surface area contributed by atoms with Crippen molar-refractivity contribution in [1.82, 2.24) is 9.78 Å². The van der Waals surface area contributed by atoms with E-state index in [4.69, 9.17) is 14.6 Å². The third-order valence-corrected chi connectivity index (χ3v) is 5.10. The minimum Gasteiger partial charge on any atom is -0.480 e. The van der Waals surface area contributed by atoms with Crippen LogP contribution in [0.4, 0.5) is 5.00 Å². The molecule has 0 radical (unpaired) electrons. The lowest BCUT2D eigenvalue weighted by Crippen LogP contribution is -2.18. The second-order valence-corrected chi connectivity index (χ2v) is 6.87. The van der Waals surface area contributed by atoms with Gasteiger partial charge in [0.25, 0.3) is 5.91 Å². The van der Waals surface area contributed by atoms with Gasteiger partial charge in [0.05, 0.1) is 18.8 Å². The van der Waals surface area contributed by atoms with Crippen LogP contribution in [0.1, 0.15) is 62.9 Å². The summed E-state index contributed by atoms with van der Waals surface area (Å²) in [6.45, 7) is 6.56. The van der Waals surface area contributed by atoms with E-state index in [0.29, 0.717) is 5.56 Å². The standard InChI is InChI=1S/C18H21N3O7S/c1-5-27-17(25)12-9(3)13(18(26)28-6-2)29-15(12)19-14(22)11-7-8-21(20-11)10(4)16(23)24/h7-8,10H,5-6H2,1-4H3,(H,19,22)(H,23,24). The Morgan fingerprint density at radius 2 is 1.83 bits per heavy atom. The van der Waals surface area contributed by atoms with Crippen LogP contribution in [-0.2, 0) is 14.3 Å². The number of aliphatic carboxylic acids is 1. The number of nitrogens with one attached hydrogen (secondary N) is 1. The zero-order chi connectivity index (χ0) is 21.7. The van der Waals surface area contributed by atoms with Gasteiger partial charge in [-0.15, -0.1) is 11.3 Å².